The highest BCUT2D eigenvalue weighted by molar-refractivity contribution is 6.13. The minimum absolute atomic E-state index is 0.00498. The van der Waals surface area contributed by atoms with Crippen molar-refractivity contribution in [2.75, 3.05) is 11.9 Å². The average molecular weight is 710 g/mol. The molecule has 0 saturated heterocycles. The molecule has 0 unspecified atom stereocenters. The third-order valence-corrected chi connectivity index (χ3v) is 8.38. The van der Waals surface area contributed by atoms with E-state index in [0.717, 1.165) is 10.9 Å². The van der Waals surface area contributed by atoms with Crippen molar-refractivity contribution >= 4 is 58.1 Å². The zero-order valence-corrected chi connectivity index (χ0v) is 28.3. The van der Waals surface area contributed by atoms with Gasteiger partial charge in [0.05, 0.1) is 24.0 Å². The first kappa shape index (κ1) is 36.9. The minimum atomic E-state index is -1.59. The number of amides is 6. The van der Waals surface area contributed by atoms with Gasteiger partial charge < -0.3 is 47.1 Å². The molecule has 1 aromatic heterocycles. The first-order chi connectivity index (χ1) is 24.9. The number of nitrogens with one attached hydrogen (secondary N) is 7. The van der Waals surface area contributed by atoms with E-state index in [2.05, 4.69) is 36.9 Å². The molecule has 0 saturated carbocycles. The number of rotatable bonds is 5. The summed E-state index contributed by atoms with van der Waals surface area (Å²) >= 11 is 0. The smallest absolute Gasteiger partial charge is 0.272 e. The lowest BCUT2D eigenvalue weighted by Crippen LogP contribution is -2.59. The van der Waals surface area contributed by atoms with Gasteiger partial charge in [0.15, 0.2) is 0 Å². The van der Waals surface area contributed by atoms with Crippen LogP contribution in [0.5, 0.6) is 0 Å². The molecule has 0 fully saturated rings. The van der Waals surface area contributed by atoms with Crippen molar-refractivity contribution in [3.05, 3.63) is 107 Å². The number of H-pyrrole nitrogens is 1. The van der Waals surface area contributed by atoms with Crippen molar-refractivity contribution in [2.45, 2.75) is 50.5 Å². The largest absolute Gasteiger partial charge is 0.394 e. The second-order valence-corrected chi connectivity index (χ2v) is 12.3. The molecule has 270 valence electrons. The first-order valence-corrected chi connectivity index (χ1v) is 16.5. The fourth-order valence-electron chi connectivity index (χ4n) is 5.54. The van der Waals surface area contributed by atoms with Gasteiger partial charge in [-0.25, -0.2) is 0 Å². The number of benzene rings is 3. The summed E-state index contributed by atoms with van der Waals surface area (Å²) in [5.74, 6) is -5.17. The van der Waals surface area contributed by atoms with Crippen LogP contribution in [0.2, 0.25) is 0 Å². The molecule has 3 aromatic carbocycles. The molecule has 0 spiro atoms. The summed E-state index contributed by atoms with van der Waals surface area (Å²) in [5.41, 5.74) is 1.53. The first-order valence-electron chi connectivity index (χ1n) is 16.5. The summed E-state index contributed by atoms with van der Waals surface area (Å²) in [4.78, 5) is 84.5. The van der Waals surface area contributed by atoms with Crippen molar-refractivity contribution in [3.8, 4) is 0 Å². The Hall–Kier alpha value is -6.32. The Balaban J connectivity index is 1.55. The second-order valence-electron chi connectivity index (χ2n) is 12.3. The number of aromatic nitrogens is 1. The molecule has 1 aliphatic rings. The van der Waals surface area contributed by atoms with E-state index in [1.165, 1.54) is 38.1 Å². The van der Waals surface area contributed by atoms with Crippen LogP contribution in [0.3, 0.4) is 0 Å². The van der Waals surface area contributed by atoms with Crippen LogP contribution in [0, 0.1) is 0 Å². The molecule has 52 heavy (non-hydrogen) atoms. The molecule has 0 bridgehead atoms. The monoisotopic (exact) mass is 709 g/mol. The molecule has 0 aliphatic carbocycles. The average Bonchev–Trinajstić information content (AvgIpc) is 3.54. The Morgan fingerprint density at radius 1 is 0.712 bits per heavy atom. The molecule has 9 N–H and O–H groups in total. The Bertz CT molecular complexity index is 2010. The van der Waals surface area contributed by atoms with E-state index in [1.54, 1.807) is 54.7 Å². The minimum Gasteiger partial charge on any atom is -0.394 e. The Labute approximate surface area is 298 Å². The number of hydrogen-bond acceptors (Lipinski definition) is 8. The van der Waals surface area contributed by atoms with E-state index < -0.39 is 72.3 Å². The molecule has 5 atom stereocenters. The van der Waals surface area contributed by atoms with Gasteiger partial charge in [0, 0.05) is 29.1 Å². The van der Waals surface area contributed by atoms with Crippen molar-refractivity contribution in [1.82, 2.24) is 31.6 Å². The summed E-state index contributed by atoms with van der Waals surface area (Å²) in [5, 5.41) is 36.5. The van der Waals surface area contributed by atoms with E-state index >= 15 is 0 Å². The van der Waals surface area contributed by atoms with E-state index in [4.69, 9.17) is 0 Å². The van der Waals surface area contributed by atoms with Crippen LogP contribution in [0.25, 0.3) is 17.0 Å². The second kappa shape index (κ2) is 16.6. The predicted molar refractivity (Wildman–Crippen MR) is 191 cm³/mol. The fraction of sp³-hybridized carbons (Fsp3) is 0.243. The zero-order valence-electron chi connectivity index (χ0n) is 28.3. The lowest BCUT2D eigenvalue weighted by Gasteiger charge is -2.25. The maximum Gasteiger partial charge on any atom is 0.272 e. The van der Waals surface area contributed by atoms with E-state index in [-0.39, 0.29) is 23.4 Å². The third-order valence-electron chi connectivity index (χ3n) is 8.38. The molecule has 6 amide bonds. The van der Waals surface area contributed by atoms with Crippen molar-refractivity contribution in [3.63, 3.8) is 0 Å². The molecule has 15 heteroatoms. The molecule has 0 radical (unpaired) electrons. The fourth-order valence-corrected chi connectivity index (χ4v) is 5.54. The predicted octanol–water partition coefficient (Wildman–Crippen LogP) is 0.466. The van der Waals surface area contributed by atoms with Gasteiger partial charge in [0.2, 0.25) is 23.6 Å². The maximum absolute atomic E-state index is 13.9. The number of aromatic amines is 1. The SMILES string of the molecule is C[C@@H]1NC(=O)[C@@H](Cc2ccccc2)NC(=O)[C@@H](CO)NC(=O)c2ccccc2NC(=O)/C(=C\c2c[nH]c3ccccc23)NC(=O)[C@H]([C@H](C)O)NC1=O. The zero-order chi connectivity index (χ0) is 37.4. The van der Waals surface area contributed by atoms with Gasteiger partial charge in [-0.05, 0) is 43.7 Å². The number of carbonyl (C=O) groups excluding carboxylic acids is 6. The lowest BCUT2D eigenvalue weighted by molar-refractivity contribution is -0.134. The molecular formula is C37H39N7O8. The number of fused-ring (bicyclic) bond motifs is 2. The van der Waals surface area contributed by atoms with Gasteiger partial charge in [-0.1, -0.05) is 60.7 Å². The van der Waals surface area contributed by atoms with Gasteiger partial charge in [0.25, 0.3) is 11.8 Å². The quantitative estimate of drug-likeness (QED) is 0.132. The van der Waals surface area contributed by atoms with Crippen LogP contribution in [0.15, 0.2) is 90.8 Å². The maximum atomic E-state index is 13.9. The van der Waals surface area contributed by atoms with Crippen LogP contribution >= 0.6 is 0 Å². The topological polar surface area (TPSA) is 231 Å². The number of aliphatic hydroxyl groups excluding tert-OH is 2. The van der Waals surface area contributed by atoms with Crippen molar-refractivity contribution in [2.24, 2.45) is 0 Å². The Kier molecular flexibility index (Phi) is 11.8. The number of carbonyl (C=O) groups is 6. The van der Waals surface area contributed by atoms with Crippen LogP contribution in [0.4, 0.5) is 5.69 Å². The summed E-state index contributed by atoms with van der Waals surface area (Å²) in [7, 11) is 0. The summed E-state index contributed by atoms with van der Waals surface area (Å²) in [6.45, 7) is 1.77. The third kappa shape index (κ3) is 8.88. The van der Waals surface area contributed by atoms with Crippen LogP contribution in [0.1, 0.15) is 35.3 Å². The summed E-state index contributed by atoms with van der Waals surface area (Å²) < 4.78 is 0. The summed E-state index contributed by atoms with van der Waals surface area (Å²) in [6.07, 6.45) is 1.54. The molecule has 5 rings (SSSR count). The molecule has 1 aliphatic heterocycles. The summed E-state index contributed by atoms with van der Waals surface area (Å²) in [6, 6.07) is 16.2. The lowest BCUT2D eigenvalue weighted by atomic mass is 10.0. The number of aliphatic hydroxyl groups is 2. The normalized spacial score (nSPS) is 22.3. The van der Waals surface area contributed by atoms with Crippen LogP contribution in [-0.4, -0.2) is 87.5 Å². The molecule has 2 heterocycles. The van der Waals surface area contributed by atoms with Crippen LogP contribution in [-0.2, 0) is 30.4 Å². The molecule has 4 aromatic rings. The van der Waals surface area contributed by atoms with Crippen molar-refractivity contribution in [1.29, 1.82) is 0 Å². The number of para-hydroxylation sites is 2. The van der Waals surface area contributed by atoms with Gasteiger partial charge in [-0.15, -0.1) is 0 Å². The number of hydrogen-bond donors (Lipinski definition) is 9. The van der Waals surface area contributed by atoms with E-state index in [9.17, 15) is 39.0 Å². The van der Waals surface area contributed by atoms with Gasteiger partial charge in [-0.3, -0.25) is 28.8 Å². The van der Waals surface area contributed by atoms with Gasteiger partial charge in [-0.2, -0.15) is 0 Å². The van der Waals surface area contributed by atoms with Crippen LogP contribution < -0.4 is 31.9 Å². The standard InChI is InChI=1S/C37H39N7O8/c1-20-32(47)44-31(21(2)46)37(52)42-29(17-23-18-38-26-14-8-6-12-24(23)26)35(50)40-27-15-9-7-13-25(27)33(48)43-30(19-45)36(51)41-28(34(49)39-20)16-22-10-4-3-5-11-22/h3-15,17-18,20-21,28,30-31,38,45-46H,16,19H2,1-2H3,(H,39,49)(H,40,50)(H,41,51)(H,42,52)(H,43,48)(H,44,47)/b29-17+/t20-,21-,28+,30+,31-/m0/s1. The Morgan fingerprint density at radius 3 is 2.12 bits per heavy atom. The van der Waals surface area contributed by atoms with E-state index in [0.29, 0.717) is 11.1 Å². The Morgan fingerprint density at radius 2 is 1.38 bits per heavy atom. The highest BCUT2D eigenvalue weighted by Gasteiger charge is 2.33. The highest BCUT2D eigenvalue weighted by atomic mass is 16.3. The molecule has 15 nitrogen and oxygen atoms in total. The highest BCUT2D eigenvalue weighted by Crippen LogP contribution is 2.22. The molecular weight excluding hydrogens is 670 g/mol. The van der Waals surface area contributed by atoms with Gasteiger partial charge >= 0.3 is 0 Å². The van der Waals surface area contributed by atoms with Gasteiger partial charge in [0.1, 0.15) is 29.9 Å². The van der Waals surface area contributed by atoms with Crippen molar-refractivity contribution < 1.29 is 39.0 Å². The number of anilines is 1. The van der Waals surface area contributed by atoms with E-state index in [1.807, 2.05) is 12.1 Å².